The number of fused-ring (bicyclic) bond motifs is 1. The van der Waals surface area contributed by atoms with Gasteiger partial charge in [0.15, 0.2) is 11.6 Å². The number of halogens is 3. The molecule has 1 saturated carbocycles. The number of nitrogens with zero attached hydrogens (tertiary/aromatic N) is 4. The number of benzene rings is 1. The summed E-state index contributed by atoms with van der Waals surface area (Å²) < 4.78 is 30.5. The Kier molecular flexibility index (Phi) is 2.97. The van der Waals surface area contributed by atoms with E-state index in [0.717, 1.165) is 24.9 Å². The maximum atomic E-state index is 14.5. The summed E-state index contributed by atoms with van der Waals surface area (Å²) in [5, 5.41) is -0.0826. The zero-order valence-corrected chi connectivity index (χ0v) is 13.3. The van der Waals surface area contributed by atoms with Gasteiger partial charge in [0.25, 0.3) is 0 Å². The fraction of sp³-hybridized carbons (Fsp3) is 0.312. The van der Waals surface area contributed by atoms with Crippen LogP contribution in [0.1, 0.15) is 25.6 Å². The highest BCUT2D eigenvalue weighted by atomic mass is 35.5. The van der Waals surface area contributed by atoms with Crippen molar-refractivity contribution in [3.05, 3.63) is 41.1 Å². The molecule has 0 bridgehead atoms. The Morgan fingerprint density at radius 1 is 1.17 bits per heavy atom. The highest BCUT2D eigenvalue weighted by Crippen LogP contribution is 2.46. The van der Waals surface area contributed by atoms with Crippen molar-refractivity contribution in [1.29, 1.82) is 0 Å². The molecule has 0 unspecified atom stereocenters. The first kappa shape index (κ1) is 14.5. The van der Waals surface area contributed by atoms with Gasteiger partial charge in [0.2, 0.25) is 5.28 Å². The second kappa shape index (κ2) is 4.71. The zero-order valence-electron chi connectivity index (χ0n) is 12.6. The third kappa shape index (κ3) is 2.20. The van der Waals surface area contributed by atoms with E-state index in [2.05, 4.69) is 21.9 Å². The van der Waals surface area contributed by atoms with Crippen LogP contribution in [0.15, 0.2) is 18.3 Å². The molecule has 2 heterocycles. The first-order valence-corrected chi connectivity index (χ1v) is 7.64. The molecule has 0 saturated heterocycles. The Morgan fingerprint density at radius 3 is 2.61 bits per heavy atom. The van der Waals surface area contributed by atoms with E-state index in [0.29, 0.717) is 16.6 Å². The van der Waals surface area contributed by atoms with Crippen molar-refractivity contribution in [2.75, 3.05) is 0 Å². The number of hydrogen-bond acceptors (Lipinski definition) is 3. The van der Waals surface area contributed by atoms with Gasteiger partial charge < -0.3 is 4.57 Å². The van der Waals surface area contributed by atoms with Crippen molar-refractivity contribution >= 4 is 22.6 Å². The van der Waals surface area contributed by atoms with Crippen molar-refractivity contribution in [3.63, 3.8) is 0 Å². The molecule has 0 aliphatic heterocycles. The number of aryl methyl sites for hydroxylation is 1. The molecule has 0 radical (unpaired) electrons. The molecule has 0 spiro atoms. The molecular formula is C16H13ClF2N4. The van der Waals surface area contributed by atoms with Crippen molar-refractivity contribution in [1.82, 2.24) is 19.5 Å². The zero-order chi connectivity index (χ0) is 16.4. The van der Waals surface area contributed by atoms with E-state index in [4.69, 9.17) is 11.6 Å². The van der Waals surface area contributed by atoms with Crippen LogP contribution in [0.2, 0.25) is 5.28 Å². The lowest BCUT2D eigenvalue weighted by atomic mass is 10.1. The molecule has 7 heteroatoms. The summed E-state index contributed by atoms with van der Waals surface area (Å²) in [6, 6.07) is 2.94. The van der Waals surface area contributed by atoms with Gasteiger partial charge in [-0.3, -0.25) is 0 Å². The third-order valence-electron chi connectivity index (χ3n) is 4.38. The molecule has 4 nitrogen and oxygen atoms in total. The van der Waals surface area contributed by atoms with Crippen LogP contribution in [0.5, 0.6) is 0 Å². The summed E-state index contributed by atoms with van der Waals surface area (Å²) in [5.41, 5.74) is 1.19. The van der Waals surface area contributed by atoms with E-state index in [9.17, 15) is 8.78 Å². The average molecular weight is 335 g/mol. The minimum absolute atomic E-state index is 0.0165. The van der Waals surface area contributed by atoms with E-state index in [1.807, 2.05) is 11.5 Å². The Balaban J connectivity index is 2.01. The Labute approximate surface area is 136 Å². The number of imidazole rings is 1. The van der Waals surface area contributed by atoms with Gasteiger partial charge in [-0.2, -0.15) is 0 Å². The van der Waals surface area contributed by atoms with Crippen LogP contribution in [0, 0.1) is 18.6 Å². The van der Waals surface area contributed by atoms with E-state index in [-0.39, 0.29) is 16.5 Å². The van der Waals surface area contributed by atoms with E-state index in [1.54, 1.807) is 6.07 Å². The van der Waals surface area contributed by atoms with Gasteiger partial charge in [-0.25, -0.2) is 23.7 Å². The molecule has 1 fully saturated rings. The second-order valence-corrected chi connectivity index (χ2v) is 6.49. The smallest absolute Gasteiger partial charge is 0.223 e. The van der Waals surface area contributed by atoms with E-state index in [1.165, 1.54) is 6.07 Å². The summed E-state index contributed by atoms with van der Waals surface area (Å²) in [5.74, 6) is -0.399. The van der Waals surface area contributed by atoms with Gasteiger partial charge in [-0.15, -0.1) is 0 Å². The molecule has 2 aromatic heterocycles. The SMILES string of the molecule is Cc1nc2c(F)cc(-c3nc(Cl)ncc3F)cc2n1C1(C)CC1. The quantitative estimate of drug-likeness (QED) is 0.658. The second-order valence-electron chi connectivity index (χ2n) is 6.15. The van der Waals surface area contributed by atoms with Crippen LogP contribution in [-0.4, -0.2) is 19.5 Å². The molecule has 1 aliphatic carbocycles. The highest BCUT2D eigenvalue weighted by molar-refractivity contribution is 6.28. The van der Waals surface area contributed by atoms with Gasteiger partial charge in [0, 0.05) is 11.1 Å². The van der Waals surface area contributed by atoms with Crippen LogP contribution < -0.4 is 0 Å². The van der Waals surface area contributed by atoms with Gasteiger partial charge in [0.05, 0.1) is 11.7 Å². The predicted octanol–water partition coefficient (Wildman–Crippen LogP) is 4.24. The average Bonchev–Trinajstić information content (AvgIpc) is 3.12. The molecule has 0 atom stereocenters. The fourth-order valence-electron chi connectivity index (χ4n) is 3.02. The normalized spacial score (nSPS) is 16.0. The molecule has 0 amide bonds. The van der Waals surface area contributed by atoms with Crippen LogP contribution in [0.25, 0.3) is 22.3 Å². The summed E-state index contributed by atoms with van der Waals surface area (Å²) in [6.45, 7) is 3.96. The van der Waals surface area contributed by atoms with Gasteiger partial charge >= 0.3 is 0 Å². The van der Waals surface area contributed by atoms with Crippen molar-refractivity contribution in [2.24, 2.45) is 0 Å². The van der Waals surface area contributed by atoms with Crippen molar-refractivity contribution < 1.29 is 8.78 Å². The lowest BCUT2D eigenvalue weighted by Gasteiger charge is -2.15. The first-order chi connectivity index (χ1) is 10.9. The predicted molar refractivity (Wildman–Crippen MR) is 83.3 cm³/mol. The van der Waals surface area contributed by atoms with E-state index < -0.39 is 11.6 Å². The van der Waals surface area contributed by atoms with Gasteiger partial charge in [-0.05, 0) is 50.4 Å². The fourth-order valence-corrected chi connectivity index (χ4v) is 3.16. The minimum atomic E-state index is -0.645. The molecule has 1 aliphatic rings. The molecule has 0 N–H and O–H groups in total. The maximum Gasteiger partial charge on any atom is 0.223 e. The maximum absolute atomic E-state index is 14.5. The summed E-state index contributed by atoms with van der Waals surface area (Å²) in [4.78, 5) is 11.8. The van der Waals surface area contributed by atoms with Crippen molar-refractivity contribution in [2.45, 2.75) is 32.2 Å². The van der Waals surface area contributed by atoms with E-state index >= 15 is 0 Å². The topological polar surface area (TPSA) is 43.6 Å². The van der Waals surface area contributed by atoms with Gasteiger partial charge in [-0.1, -0.05) is 0 Å². The third-order valence-corrected chi connectivity index (χ3v) is 4.57. The summed E-state index contributed by atoms with van der Waals surface area (Å²) in [6.07, 6.45) is 3.01. The lowest BCUT2D eigenvalue weighted by Crippen LogP contribution is -2.13. The molecule has 3 aromatic rings. The Bertz CT molecular complexity index is 947. The number of hydrogen-bond donors (Lipinski definition) is 0. The van der Waals surface area contributed by atoms with Crippen LogP contribution >= 0.6 is 11.6 Å². The van der Waals surface area contributed by atoms with Crippen LogP contribution in [0.3, 0.4) is 0 Å². The lowest BCUT2D eigenvalue weighted by molar-refractivity contribution is 0.533. The molecule has 23 heavy (non-hydrogen) atoms. The highest BCUT2D eigenvalue weighted by Gasteiger charge is 2.41. The monoisotopic (exact) mass is 334 g/mol. The number of rotatable bonds is 2. The molecule has 118 valence electrons. The minimum Gasteiger partial charge on any atom is -0.322 e. The van der Waals surface area contributed by atoms with Crippen molar-refractivity contribution in [3.8, 4) is 11.3 Å². The molecule has 1 aromatic carbocycles. The molecule has 4 rings (SSSR count). The van der Waals surface area contributed by atoms with Crippen LogP contribution in [0.4, 0.5) is 8.78 Å². The molecular weight excluding hydrogens is 322 g/mol. The van der Waals surface area contributed by atoms with Gasteiger partial charge in [0.1, 0.15) is 17.0 Å². The van der Waals surface area contributed by atoms with Crippen LogP contribution in [-0.2, 0) is 5.54 Å². The summed E-state index contributed by atoms with van der Waals surface area (Å²) in [7, 11) is 0. The first-order valence-electron chi connectivity index (χ1n) is 7.26. The Hall–Kier alpha value is -2.08. The number of aromatic nitrogens is 4. The standard InChI is InChI=1S/C16H13ClF2N4/c1-8-21-14-10(18)5-9(13-11(19)7-20-15(17)22-13)6-12(14)23(8)16(2)3-4-16/h5-7H,3-4H2,1-2H3. The Morgan fingerprint density at radius 2 is 1.91 bits per heavy atom. The largest absolute Gasteiger partial charge is 0.322 e. The summed E-state index contributed by atoms with van der Waals surface area (Å²) >= 11 is 5.74.